The molecule has 3 nitrogen and oxygen atoms in total. The topological polar surface area (TPSA) is 49.3 Å². The number of thioether (sulfide) groups is 1. The Kier molecular flexibility index (Phi) is 6.50. The van der Waals surface area contributed by atoms with Crippen molar-refractivity contribution in [2.45, 2.75) is 63.7 Å². The number of likely N-dealkylation sites (N-methyl/N-ethyl adjacent to an activating group) is 1. The summed E-state index contributed by atoms with van der Waals surface area (Å²) >= 11 is 1.97. The normalized spacial score (nSPS) is 28.6. The number of carbonyl (C=O) groups is 1. The highest BCUT2D eigenvalue weighted by molar-refractivity contribution is 7.99. The molecule has 0 spiro atoms. The van der Waals surface area contributed by atoms with Crippen LogP contribution in [0.5, 0.6) is 0 Å². The van der Waals surface area contributed by atoms with Crippen LogP contribution in [-0.2, 0) is 4.79 Å². The van der Waals surface area contributed by atoms with E-state index >= 15 is 0 Å². The van der Waals surface area contributed by atoms with Crippen LogP contribution >= 0.6 is 11.8 Å². The van der Waals surface area contributed by atoms with Crippen LogP contribution < -0.4 is 5.32 Å². The molecule has 2 atom stereocenters. The zero-order valence-corrected chi connectivity index (χ0v) is 12.7. The first-order valence-electron chi connectivity index (χ1n) is 7.10. The minimum Gasteiger partial charge on any atom is -0.480 e. The number of carboxylic acid groups (broad SMARTS) is 1. The third kappa shape index (κ3) is 4.47. The molecule has 4 heteroatoms. The number of aliphatic carboxylic acids is 1. The highest BCUT2D eigenvalue weighted by Gasteiger charge is 2.42. The van der Waals surface area contributed by atoms with E-state index in [1.165, 1.54) is 12.8 Å². The monoisotopic (exact) mass is 273 g/mol. The van der Waals surface area contributed by atoms with Gasteiger partial charge < -0.3 is 10.4 Å². The maximum Gasteiger partial charge on any atom is 0.323 e. The Hall–Kier alpha value is -0.220. The summed E-state index contributed by atoms with van der Waals surface area (Å²) in [6, 6.07) is 0. The third-order valence-electron chi connectivity index (χ3n) is 3.68. The van der Waals surface area contributed by atoms with Crippen molar-refractivity contribution in [3.05, 3.63) is 0 Å². The second kappa shape index (κ2) is 7.39. The Morgan fingerprint density at radius 3 is 2.83 bits per heavy atom. The summed E-state index contributed by atoms with van der Waals surface area (Å²) in [7, 11) is 0. The third-order valence-corrected chi connectivity index (χ3v) is 5.02. The lowest BCUT2D eigenvalue weighted by molar-refractivity contribution is -0.146. The van der Waals surface area contributed by atoms with E-state index in [4.69, 9.17) is 0 Å². The molecule has 1 aliphatic rings. The van der Waals surface area contributed by atoms with Crippen LogP contribution in [0.15, 0.2) is 0 Å². The van der Waals surface area contributed by atoms with Crippen molar-refractivity contribution in [3.8, 4) is 0 Å². The van der Waals surface area contributed by atoms with Gasteiger partial charge in [-0.2, -0.15) is 11.8 Å². The lowest BCUT2D eigenvalue weighted by atomic mass is 9.81. The van der Waals surface area contributed by atoms with Gasteiger partial charge in [-0.05, 0) is 50.3 Å². The fourth-order valence-electron chi connectivity index (χ4n) is 2.61. The van der Waals surface area contributed by atoms with Crippen molar-refractivity contribution in [2.24, 2.45) is 5.92 Å². The number of hydrogen-bond acceptors (Lipinski definition) is 3. The molecule has 0 aromatic rings. The smallest absolute Gasteiger partial charge is 0.323 e. The Morgan fingerprint density at radius 2 is 2.28 bits per heavy atom. The molecule has 2 unspecified atom stereocenters. The van der Waals surface area contributed by atoms with E-state index in [1.54, 1.807) is 0 Å². The summed E-state index contributed by atoms with van der Waals surface area (Å²) in [6.07, 6.45) is 4.97. The first kappa shape index (κ1) is 15.8. The molecule has 2 N–H and O–H groups in total. The molecule has 1 saturated carbocycles. The van der Waals surface area contributed by atoms with Crippen molar-refractivity contribution < 1.29 is 9.90 Å². The molecule has 0 aliphatic heterocycles. The summed E-state index contributed by atoms with van der Waals surface area (Å²) in [5, 5.41) is 13.2. The van der Waals surface area contributed by atoms with Crippen molar-refractivity contribution in [3.63, 3.8) is 0 Å². The van der Waals surface area contributed by atoms with Crippen molar-refractivity contribution in [1.29, 1.82) is 0 Å². The Bertz CT molecular complexity index is 267. The predicted octanol–water partition coefficient (Wildman–Crippen LogP) is 3.14. The van der Waals surface area contributed by atoms with Crippen LogP contribution in [0, 0.1) is 5.92 Å². The second-order valence-corrected chi connectivity index (χ2v) is 7.10. The van der Waals surface area contributed by atoms with Gasteiger partial charge in [0.25, 0.3) is 0 Å². The maximum absolute atomic E-state index is 11.5. The first-order valence-corrected chi connectivity index (χ1v) is 8.15. The minimum absolute atomic E-state index is 0.507. The molecule has 0 saturated heterocycles. The SMILES string of the molecule is CCNC1(C(=O)O)CCCC(SCCC(C)C)C1. The van der Waals surface area contributed by atoms with Gasteiger partial charge in [0.1, 0.15) is 5.54 Å². The fourth-order valence-corrected chi connectivity index (χ4v) is 4.28. The number of nitrogens with one attached hydrogen (secondary N) is 1. The average Bonchev–Trinajstić information content (AvgIpc) is 2.29. The number of rotatable bonds is 7. The maximum atomic E-state index is 11.5. The number of hydrogen-bond donors (Lipinski definition) is 2. The zero-order valence-electron chi connectivity index (χ0n) is 11.9. The Balaban J connectivity index is 2.50. The fraction of sp³-hybridized carbons (Fsp3) is 0.929. The molecule has 0 heterocycles. The van der Waals surface area contributed by atoms with Gasteiger partial charge >= 0.3 is 5.97 Å². The van der Waals surface area contributed by atoms with Crippen LogP contribution in [0.3, 0.4) is 0 Å². The van der Waals surface area contributed by atoms with Gasteiger partial charge in [-0.1, -0.05) is 20.8 Å². The van der Waals surface area contributed by atoms with Gasteiger partial charge in [0.2, 0.25) is 0 Å². The molecule has 1 fully saturated rings. The molecule has 1 aliphatic carbocycles. The van der Waals surface area contributed by atoms with Gasteiger partial charge in [0, 0.05) is 5.25 Å². The summed E-state index contributed by atoms with van der Waals surface area (Å²) in [4.78, 5) is 11.5. The molecular formula is C14H27NO2S. The molecule has 0 aromatic carbocycles. The quantitative estimate of drug-likeness (QED) is 0.748. The van der Waals surface area contributed by atoms with Crippen LogP contribution in [0.1, 0.15) is 52.9 Å². The molecule has 0 bridgehead atoms. The molecule has 0 radical (unpaired) electrons. The molecule has 18 heavy (non-hydrogen) atoms. The molecule has 1 rings (SSSR count). The van der Waals surface area contributed by atoms with Crippen LogP contribution in [0.25, 0.3) is 0 Å². The first-order chi connectivity index (χ1) is 8.50. The van der Waals surface area contributed by atoms with Gasteiger partial charge in [0.05, 0.1) is 0 Å². The minimum atomic E-state index is -0.668. The van der Waals surface area contributed by atoms with Gasteiger partial charge in [-0.25, -0.2) is 0 Å². The van der Waals surface area contributed by atoms with Crippen molar-refractivity contribution >= 4 is 17.7 Å². The summed E-state index contributed by atoms with van der Waals surface area (Å²) in [5.41, 5.74) is -0.664. The van der Waals surface area contributed by atoms with E-state index in [0.717, 1.165) is 37.5 Å². The van der Waals surface area contributed by atoms with Gasteiger partial charge in [-0.15, -0.1) is 0 Å². The van der Waals surface area contributed by atoms with E-state index in [9.17, 15) is 9.90 Å². The Morgan fingerprint density at radius 1 is 1.56 bits per heavy atom. The van der Waals surface area contributed by atoms with E-state index < -0.39 is 11.5 Å². The van der Waals surface area contributed by atoms with Crippen LogP contribution in [0.2, 0.25) is 0 Å². The largest absolute Gasteiger partial charge is 0.480 e. The van der Waals surface area contributed by atoms with E-state index in [1.807, 2.05) is 18.7 Å². The standard InChI is InChI=1S/C14H27NO2S/c1-4-15-14(13(16)17)8-5-6-12(10-14)18-9-7-11(2)3/h11-12,15H,4-10H2,1-3H3,(H,16,17). The second-order valence-electron chi connectivity index (χ2n) is 5.69. The summed E-state index contributed by atoms with van der Waals surface area (Å²) < 4.78 is 0. The molecule has 0 aromatic heterocycles. The van der Waals surface area contributed by atoms with E-state index in [0.29, 0.717) is 5.25 Å². The van der Waals surface area contributed by atoms with Gasteiger partial charge in [-0.3, -0.25) is 4.79 Å². The molecule has 0 amide bonds. The van der Waals surface area contributed by atoms with E-state index in [-0.39, 0.29) is 0 Å². The molecule has 106 valence electrons. The Labute approximate surface area is 115 Å². The van der Waals surface area contributed by atoms with Gasteiger partial charge in [0.15, 0.2) is 0 Å². The predicted molar refractivity (Wildman–Crippen MR) is 78.2 cm³/mol. The average molecular weight is 273 g/mol. The van der Waals surface area contributed by atoms with Crippen LogP contribution in [-0.4, -0.2) is 34.2 Å². The number of carboxylic acids is 1. The summed E-state index contributed by atoms with van der Waals surface area (Å²) in [5.74, 6) is 1.22. The highest BCUT2D eigenvalue weighted by Crippen LogP contribution is 2.35. The summed E-state index contributed by atoms with van der Waals surface area (Å²) in [6.45, 7) is 7.19. The zero-order chi connectivity index (χ0) is 13.6. The van der Waals surface area contributed by atoms with Crippen LogP contribution in [0.4, 0.5) is 0 Å². The lowest BCUT2D eigenvalue weighted by Gasteiger charge is -2.38. The molecular weight excluding hydrogens is 246 g/mol. The van der Waals surface area contributed by atoms with E-state index in [2.05, 4.69) is 19.2 Å². The van der Waals surface area contributed by atoms with Crippen molar-refractivity contribution in [1.82, 2.24) is 5.32 Å². The van der Waals surface area contributed by atoms with Crippen molar-refractivity contribution in [2.75, 3.05) is 12.3 Å². The highest BCUT2D eigenvalue weighted by atomic mass is 32.2. The lowest BCUT2D eigenvalue weighted by Crippen LogP contribution is -2.55.